The van der Waals surface area contributed by atoms with Crippen molar-refractivity contribution in [1.29, 1.82) is 0 Å². The third kappa shape index (κ3) is 79.7. The highest BCUT2D eigenvalue weighted by molar-refractivity contribution is 5.70. The number of hydrogen-bond donors (Lipinski definition) is 0. The molecule has 2 unspecified atom stereocenters. The van der Waals surface area contributed by atoms with Crippen LogP contribution in [-0.2, 0) is 33.3 Å². The maximum atomic E-state index is 13.0. The normalized spacial score (nSPS) is 13.0. The van der Waals surface area contributed by atoms with Gasteiger partial charge in [-0.05, 0) is 89.9 Å². The number of carbonyl (C=O) groups excluding carboxylic acids is 3. The van der Waals surface area contributed by atoms with Crippen molar-refractivity contribution in [1.82, 2.24) is 0 Å². The molecule has 0 aliphatic carbocycles. The van der Waals surface area contributed by atoms with Crippen LogP contribution < -0.4 is 5.11 Å². The number of likely N-dealkylation sites (N-methyl/N-ethyl adjacent to an activating group) is 1. The van der Waals surface area contributed by atoms with Gasteiger partial charge >= 0.3 is 11.9 Å². The molecule has 2 atom stereocenters. The van der Waals surface area contributed by atoms with Gasteiger partial charge < -0.3 is 33.3 Å². The second-order valence-electron chi connectivity index (χ2n) is 29.4. The van der Waals surface area contributed by atoms with Crippen molar-refractivity contribution in [2.45, 2.75) is 411 Å². The fraction of sp³-hybridized carbons (Fsp3) is 0.807. The molecule has 0 radical (unpaired) electrons. The lowest BCUT2D eigenvalue weighted by atomic mass is 10.0. The van der Waals surface area contributed by atoms with Crippen molar-refractivity contribution in [2.75, 3.05) is 47.5 Å². The van der Waals surface area contributed by atoms with Crippen molar-refractivity contribution in [3.63, 3.8) is 0 Å². The van der Waals surface area contributed by atoms with E-state index in [1.165, 1.54) is 295 Å². The van der Waals surface area contributed by atoms with E-state index in [2.05, 4.69) is 98.9 Å². The van der Waals surface area contributed by atoms with Crippen LogP contribution in [0.2, 0.25) is 0 Å². The van der Waals surface area contributed by atoms with Gasteiger partial charge in [0.05, 0.1) is 40.3 Å². The van der Waals surface area contributed by atoms with Crippen molar-refractivity contribution >= 4 is 17.9 Å². The van der Waals surface area contributed by atoms with Crippen LogP contribution in [0.3, 0.4) is 0 Å². The second kappa shape index (κ2) is 78.2. The van der Waals surface area contributed by atoms with Crippen LogP contribution in [0.1, 0.15) is 399 Å². The molecule has 9 heteroatoms. The van der Waals surface area contributed by atoms with E-state index >= 15 is 0 Å². The number of nitrogens with zero attached hydrogens (tertiary/aromatic N) is 1. The van der Waals surface area contributed by atoms with Crippen LogP contribution in [0.4, 0.5) is 0 Å². The van der Waals surface area contributed by atoms with Crippen molar-refractivity contribution in [2.24, 2.45) is 0 Å². The summed E-state index contributed by atoms with van der Waals surface area (Å²) in [6, 6.07) is 0. The predicted octanol–water partition coefficient (Wildman–Crippen LogP) is 25.6. The fourth-order valence-electron chi connectivity index (χ4n) is 12.3. The lowest BCUT2D eigenvalue weighted by Gasteiger charge is -2.26. The van der Waals surface area contributed by atoms with Gasteiger partial charge in [-0.1, -0.05) is 381 Å². The quantitative estimate of drug-likeness (QED) is 0.0195. The number of esters is 2. The molecule has 0 rings (SSSR count). The molecule has 0 aromatic heterocycles. The summed E-state index contributed by atoms with van der Waals surface area (Å²) in [5, 5.41) is 11.9. The largest absolute Gasteiger partial charge is 0.545 e. The van der Waals surface area contributed by atoms with E-state index in [9.17, 15) is 19.5 Å². The average molecular weight is 1360 g/mol. The zero-order valence-electron chi connectivity index (χ0n) is 64.7. The number of aliphatic carboxylic acids is 1. The maximum absolute atomic E-state index is 13.0. The minimum absolute atomic E-state index is 0.148. The van der Waals surface area contributed by atoms with E-state index in [1.807, 2.05) is 21.1 Å². The van der Waals surface area contributed by atoms with Crippen molar-refractivity contribution < 1.29 is 42.9 Å². The van der Waals surface area contributed by atoms with E-state index < -0.39 is 24.3 Å². The second-order valence-corrected chi connectivity index (χ2v) is 29.4. The third-order valence-electron chi connectivity index (χ3n) is 18.6. The van der Waals surface area contributed by atoms with Crippen molar-refractivity contribution in [3.05, 3.63) is 85.1 Å². The fourth-order valence-corrected chi connectivity index (χ4v) is 12.3. The summed E-state index contributed by atoms with van der Waals surface area (Å²) < 4.78 is 22.9. The van der Waals surface area contributed by atoms with Crippen molar-refractivity contribution in [3.8, 4) is 0 Å². The number of carbonyl (C=O) groups is 3. The summed E-state index contributed by atoms with van der Waals surface area (Å²) in [6.07, 6.45) is 104. The predicted molar refractivity (Wildman–Crippen MR) is 417 cm³/mol. The van der Waals surface area contributed by atoms with Crippen LogP contribution >= 0.6 is 0 Å². The Labute approximate surface area is 601 Å². The Bertz CT molecular complexity index is 1870. The molecule has 0 aromatic rings. The Balaban J connectivity index is 3.97. The smallest absolute Gasteiger partial charge is 0.306 e. The monoisotopic (exact) mass is 1360 g/mol. The Kier molecular flexibility index (Phi) is 75.3. The molecule has 9 nitrogen and oxygen atoms in total. The molecule has 0 aliphatic heterocycles. The van der Waals surface area contributed by atoms with Crippen LogP contribution in [0.25, 0.3) is 0 Å². The van der Waals surface area contributed by atoms with Crippen LogP contribution in [0.5, 0.6) is 0 Å². The summed E-state index contributed by atoms with van der Waals surface area (Å²) in [4.78, 5) is 37.6. The Hall–Kier alpha value is -3.53. The molecule has 0 heterocycles. The van der Waals surface area contributed by atoms with Gasteiger partial charge in [0.1, 0.15) is 13.2 Å². The number of allylic oxidation sites excluding steroid dienone is 14. The Morgan fingerprint density at radius 2 is 0.588 bits per heavy atom. The number of carboxylic acid groups (broad SMARTS) is 1. The van der Waals surface area contributed by atoms with Crippen LogP contribution in [0, 0.1) is 0 Å². The highest BCUT2D eigenvalue weighted by Crippen LogP contribution is 2.20. The highest BCUT2D eigenvalue weighted by atomic mass is 16.7. The summed E-state index contributed by atoms with van der Waals surface area (Å²) in [5.41, 5.74) is 0. The van der Waals surface area contributed by atoms with Gasteiger partial charge in [0.15, 0.2) is 12.4 Å². The molecular weight excluding hydrogens is 1200 g/mol. The van der Waals surface area contributed by atoms with E-state index in [0.29, 0.717) is 23.9 Å². The summed E-state index contributed by atoms with van der Waals surface area (Å²) in [6.45, 7) is 4.70. The number of unbranched alkanes of at least 4 members (excludes halogenated alkanes) is 49. The lowest BCUT2D eigenvalue weighted by molar-refractivity contribution is -0.870. The maximum Gasteiger partial charge on any atom is 0.306 e. The first-order valence-electron chi connectivity index (χ1n) is 41.7. The number of quaternary nitrogens is 1. The van der Waals surface area contributed by atoms with Gasteiger partial charge in [0.2, 0.25) is 0 Å². The summed E-state index contributed by atoms with van der Waals surface area (Å²) >= 11 is 0. The Morgan fingerprint density at radius 3 is 0.887 bits per heavy atom. The molecule has 97 heavy (non-hydrogen) atoms. The first-order valence-corrected chi connectivity index (χ1v) is 41.7. The van der Waals surface area contributed by atoms with Gasteiger partial charge in [-0.3, -0.25) is 9.59 Å². The van der Waals surface area contributed by atoms with Gasteiger partial charge in [-0.2, -0.15) is 0 Å². The molecule has 0 bridgehead atoms. The molecule has 0 aromatic carbocycles. The van der Waals surface area contributed by atoms with Crippen LogP contribution in [0.15, 0.2) is 85.1 Å². The average Bonchev–Trinajstić information content (AvgIpc) is 3.11. The zero-order valence-corrected chi connectivity index (χ0v) is 64.7. The molecule has 0 N–H and O–H groups in total. The van der Waals surface area contributed by atoms with Gasteiger partial charge in [-0.25, -0.2) is 0 Å². The number of rotatable bonds is 78. The third-order valence-corrected chi connectivity index (χ3v) is 18.6. The minimum Gasteiger partial charge on any atom is -0.545 e. The summed E-state index contributed by atoms with van der Waals surface area (Å²) in [7, 11) is 5.95. The molecule has 0 fully saturated rings. The molecule has 564 valence electrons. The van der Waals surface area contributed by atoms with E-state index in [0.717, 1.165) is 70.6 Å². The molecule has 0 spiro atoms. The first-order chi connectivity index (χ1) is 47.6. The molecule has 0 amide bonds. The SMILES string of the molecule is CC/C=C\C/C=C\C/C=C\C/C=C\C/C=C\C/C=C\CCCCCCCCCCCCCCCCCCCCC(=O)OC(COC(=O)CCCCCCCCCCCCCCCCCCCCCCCCC/C=C\CCCCCCCCCC)COC(OCC[N+](C)(C)C)C(=O)[O-]. The molecular formula is C88H159NO8. The topological polar surface area (TPSA) is 111 Å². The van der Waals surface area contributed by atoms with Gasteiger partial charge in [0, 0.05) is 12.8 Å². The Morgan fingerprint density at radius 1 is 0.320 bits per heavy atom. The number of hydrogen-bond acceptors (Lipinski definition) is 8. The lowest BCUT2D eigenvalue weighted by Crippen LogP contribution is -2.44. The minimum atomic E-state index is -1.62. The van der Waals surface area contributed by atoms with E-state index in [-0.39, 0.29) is 32.2 Å². The standard InChI is InChI=1S/C88H159NO8/c1-6-8-10-12-14-16-18-20-22-24-26-28-30-32-34-36-38-40-42-43-45-47-49-51-53-55-57-59-61-63-65-67-69-71-73-75-77-79-86(91)97-84(83-96-88(87(92)93)94-81-80-89(3,4)5)82-95-85(90)78-76-74-72-70-68-66-64-62-60-58-56-54-52-50-48-46-44-41-39-37-35-33-31-29-27-25-23-21-19-17-15-13-11-9-7-2/h8,10,14,16,20,22,25-28,32,34,38,40,84,88H,6-7,9,11-13,15,17-19,21,23-24,29-31,33,35-37,39,41-83H2,1-5H3/b10-8-,16-14-,22-20-,27-25-,28-26-,34-32-,40-38-. The highest BCUT2D eigenvalue weighted by Gasteiger charge is 2.22. The molecule has 0 aliphatic rings. The first kappa shape index (κ1) is 93.5. The van der Waals surface area contributed by atoms with Gasteiger partial charge in [0.25, 0.3) is 0 Å². The summed E-state index contributed by atoms with van der Waals surface area (Å²) in [5.74, 6) is -2.26. The van der Waals surface area contributed by atoms with Gasteiger partial charge in [-0.15, -0.1) is 0 Å². The number of ether oxygens (including phenoxy) is 4. The van der Waals surface area contributed by atoms with E-state index in [4.69, 9.17) is 18.9 Å². The zero-order chi connectivity index (χ0) is 70.4. The molecule has 0 saturated heterocycles. The number of carboxylic acids is 1. The van der Waals surface area contributed by atoms with Crippen LogP contribution in [-0.4, -0.2) is 82.3 Å². The molecule has 0 saturated carbocycles. The van der Waals surface area contributed by atoms with E-state index in [1.54, 1.807) is 0 Å².